The van der Waals surface area contributed by atoms with Crippen LogP contribution in [-0.4, -0.2) is 48.9 Å². The fraction of sp³-hybridized carbons (Fsp3) is 0.143. The van der Waals surface area contributed by atoms with Gasteiger partial charge in [-0.3, -0.25) is 4.98 Å². The van der Waals surface area contributed by atoms with Gasteiger partial charge in [0.05, 0.1) is 29.4 Å². The van der Waals surface area contributed by atoms with Gasteiger partial charge in [0.15, 0.2) is 5.60 Å². The van der Waals surface area contributed by atoms with Crippen LogP contribution in [0.1, 0.15) is 16.8 Å². The Morgan fingerprint density at radius 2 is 1.65 bits per heavy atom. The van der Waals surface area contributed by atoms with Crippen molar-refractivity contribution in [2.75, 3.05) is 12.4 Å². The highest BCUT2D eigenvalue weighted by Crippen LogP contribution is 2.42. The molecule has 3 heterocycles. The first-order chi connectivity index (χ1) is 19.0. The number of carbonyl (C=O) groups is 1. The number of anilines is 1. The van der Waals surface area contributed by atoms with E-state index in [-0.39, 0.29) is 0 Å². The number of aromatic nitrogens is 4. The fourth-order valence-corrected chi connectivity index (χ4v) is 4.64. The molecule has 0 aliphatic heterocycles. The molecular weight excluding hydrogens is 547 g/mol. The molecule has 0 bridgehead atoms. The van der Waals surface area contributed by atoms with E-state index >= 15 is 0 Å². The van der Waals surface area contributed by atoms with Gasteiger partial charge in [0.25, 0.3) is 0 Å². The second-order valence-corrected chi connectivity index (χ2v) is 9.00. The van der Waals surface area contributed by atoms with Crippen LogP contribution in [0.25, 0.3) is 22.0 Å². The van der Waals surface area contributed by atoms with Gasteiger partial charge in [-0.25, -0.2) is 14.8 Å². The molecule has 0 amide bonds. The molecule has 0 saturated heterocycles. The van der Waals surface area contributed by atoms with Crippen LogP contribution in [0.2, 0.25) is 5.15 Å². The molecule has 5 aromatic rings. The fourth-order valence-electron chi connectivity index (χ4n) is 4.35. The van der Waals surface area contributed by atoms with Gasteiger partial charge in [0, 0.05) is 37.4 Å². The minimum atomic E-state index is -5.08. The number of aliphatic carboxylic acids is 1. The zero-order valence-corrected chi connectivity index (χ0v) is 21.9. The average Bonchev–Trinajstić information content (AvgIpc) is 3.38. The van der Waals surface area contributed by atoms with E-state index in [0.717, 1.165) is 27.7 Å². The largest absolute Gasteiger partial charge is 0.490 e. The van der Waals surface area contributed by atoms with E-state index in [1.54, 1.807) is 24.9 Å². The Morgan fingerprint density at radius 1 is 1.00 bits per heavy atom. The normalized spacial score (nSPS) is 12.8. The van der Waals surface area contributed by atoms with Crippen LogP contribution in [0.5, 0.6) is 0 Å². The molecule has 0 spiro atoms. The number of alkyl halides is 3. The molecule has 0 aliphatic rings. The van der Waals surface area contributed by atoms with Gasteiger partial charge in [-0.05, 0) is 41.0 Å². The summed E-state index contributed by atoms with van der Waals surface area (Å²) in [6.07, 6.45) is 1.62. The topological polar surface area (TPSA) is 113 Å². The summed E-state index contributed by atoms with van der Waals surface area (Å²) in [5.74, 6) is -2.76. The Labute approximate surface area is 231 Å². The van der Waals surface area contributed by atoms with E-state index in [4.69, 9.17) is 21.5 Å². The average molecular weight is 570 g/mol. The number of nitrogens with zero attached hydrogens (tertiary/aromatic N) is 4. The summed E-state index contributed by atoms with van der Waals surface area (Å²) in [6, 6.07) is 19.3. The van der Waals surface area contributed by atoms with E-state index in [1.165, 1.54) is 0 Å². The Bertz CT molecular complexity index is 1650. The van der Waals surface area contributed by atoms with Gasteiger partial charge in [0.2, 0.25) is 0 Å². The van der Waals surface area contributed by atoms with Crippen LogP contribution < -0.4 is 5.32 Å². The number of rotatable bonds is 5. The summed E-state index contributed by atoms with van der Waals surface area (Å²) in [5, 5.41) is 23.9. The number of carboxylic acids is 1. The molecule has 1 unspecified atom stereocenters. The maximum absolute atomic E-state index is 12.2. The molecule has 40 heavy (non-hydrogen) atoms. The number of aryl methyl sites for hydroxylation is 1. The van der Waals surface area contributed by atoms with Crippen molar-refractivity contribution < 1.29 is 28.2 Å². The lowest BCUT2D eigenvalue weighted by Gasteiger charge is -2.30. The Morgan fingerprint density at radius 3 is 2.20 bits per heavy atom. The second-order valence-electron chi connectivity index (χ2n) is 8.64. The van der Waals surface area contributed by atoms with Gasteiger partial charge in [0.1, 0.15) is 5.15 Å². The third-order valence-corrected chi connectivity index (χ3v) is 6.47. The predicted molar refractivity (Wildman–Crippen MR) is 145 cm³/mol. The van der Waals surface area contributed by atoms with Gasteiger partial charge < -0.3 is 20.1 Å². The third-order valence-electron chi connectivity index (χ3n) is 6.20. The minimum Gasteiger partial charge on any atom is -0.475 e. The predicted octanol–water partition coefficient (Wildman–Crippen LogP) is 5.64. The van der Waals surface area contributed by atoms with Crippen LogP contribution in [0, 0.1) is 0 Å². The summed E-state index contributed by atoms with van der Waals surface area (Å²) < 4.78 is 33.6. The number of halogens is 4. The minimum absolute atomic E-state index is 0.418. The highest BCUT2D eigenvalue weighted by atomic mass is 35.5. The number of aliphatic hydroxyl groups is 1. The van der Waals surface area contributed by atoms with Crippen LogP contribution in [0.15, 0.2) is 85.6 Å². The number of carboxylic acid groups (broad SMARTS) is 1. The molecule has 0 saturated carbocycles. The monoisotopic (exact) mass is 569 g/mol. The second kappa shape index (κ2) is 11.3. The lowest BCUT2D eigenvalue weighted by molar-refractivity contribution is -0.192. The molecule has 2 aromatic carbocycles. The van der Waals surface area contributed by atoms with E-state index in [0.29, 0.717) is 22.0 Å². The smallest absolute Gasteiger partial charge is 0.475 e. The SMILES string of the molecule is CNc1c(-c2ccccc2)c(Cl)nc2ccc(C(O)(c3ccncc3)c3cncn3C)cc12.O=C(O)C(F)(F)F. The first-order valence-corrected chi connectivity index (χ1v) is 12.1. The molecule has 206 valence electrons. The third kappa shape index (κ3) is 5.47. The van der Waals surface area contributed by atoms with Crippen molar-refractivity contribution >= 4 is 34.2 Å². The summed E-state index contributed by atoms with van der Waals surface area (Å²) in [6.45, 7) is 0. The van der Waals surface area contributed by atoms with E-state index in [2.05, 4.69) is 20.3 Å². The van der Waals surface area contributed by atoms with Crippen molar-refractivity contribution in [2.45, 2.75) is 11.8 Å². The zero-order valence-electron chi connectivity index (χ0n) is 21.2. The van der Waals surface area contributed by atoms with E-state index in [1.807, 2.05) is 79.3 Å². The maximum Gasteiger partial charge on any atom is 0.490 e. The lowest BCUT2D eigenvalue weighted by atomic mass is 9.83. The number of benzene rings is 2. The van der Waals surface area contributed by atoms with Crippen molar-refractivity contribution in [3.05, 3.63) is 108 Å². The number of hydrogen-bond donors (Lipinski definition) is 3. The number of nitrogens with one attached hydrogen (secondary N) is 1. The first-order valence-electron chi connectivity index (χ1n) is 11.7. The Balaban J connectivity index is 0.000000470. The lowest BCUT2D eigenvalue weighted by Crippen LogP contribution is -2.31. The first kappa shape index (κ1) is 28.5. The molecule has 3 N–H and O–H groups in total. The van der Waals surface area contributed by atoms with Crippen molar-refractivity contribution in [2.24, 2.45) is 7.05 Å². The number of imidazole rings is 1. The molecule has 3 aromatic heterocycles. The zero-order chi connectivity index (χ0) is 29.1. The van der Waals surface area contributed by atoms with Crippen LogP contribution in [0.4, 0.5) is 18.9 Å². The highest BCUT2D eigenvalue weighted by molar-refractivity contribution is 6.34. The van der Waals surface area contributed by atoms with Crippen molar-refractivity contribution in [3.8, 4) is 11.1 Å². The summed E-state index contributed by atoms with van der Waals surface area (Å²) >= 11 is 6.63. The Hall–Kier alpha value is -4.48. The Kier molecular flexibility index (Phi) is 8.08. The molecule has 0 radical (unpaired) electrons. The maximum atomic E-state index is 12.2. The number of hydrogen-bond acceptors (Lipinski definition) is 6. The number of fused-ring (bicyclic) bond motifs is 1. The number of pyridine rings is 2. The highest BCUT2D eigenvalue weighted by Gasteiger charge is 2.38. The van der Waals surface area contributed by atoms with E-state index < -0.39 is 17.7 Å². The van der Waals surface area contributed by atoms with Gasteiger partial charge in [-0.2, -0.15) is 13.2 Å². The van der Waals surface area contributed by atoms with Crippen LogP contribution in [0.3, 0.4) is 0 Å². The molecule has 0 aliphatic carbocycles. The van der Waals surface area contributed by atoms with Crippen molar-refractivity contribution in [3.63, 3.8) is 0 Å². The van der Waals surface area contributed by atoms with Crippen molar-refractivity contribution in [1.29, 1.82) is 0 Å². The molecule has 0 fully saturated rings. The summed E-state index contributed by atoms with van der Waals surface area (Å²) in [4.78, 5) is 21.9. The van der Waals surface area contributed by atoms with E-state index in [9.17, 15) is 18.3 Å². The van der Waals surface area contributed by atoms with Gasteiger partial charge in [-0.15, -0.1) is 0 Å². The summed E-state index contributed by atoms with van der Waals surface area (Å²) in [7, 11) is 3.73. The molecule has 8 nitrogen and oxygen atoms in total. The summed E-state index contributed by atoms with van der Waals surface area (Å²) in [5.41, 5.74) is 3.93. The standard InChI is InChI=1S/C26H22ClN5O.C2HF3O2/c1-28-24-20-14-19(8-9-21(20)31-25(27)23(24)17-6-4-3-5-7-17)26(33,18-10-12-29-13-11-18)22-15-30-16-32(22)2;3-2(4,5)1(6)7/h3-16,33H,1-2H3,(H,28,31);(H,6,7). The molecule has 1 atom stereocenters. The molecular formula is C28H23ClF3N5O3. The molecule has 12 heteroatoms. The molecule has 5 rings (SSSR count). The quantitative estimate of drug-likeness (QED) is 0.235. The van der Waals surface area contributed by atoms with Gasteiger partial charge >= 0.3 is 12.1 Å². The van der Waals surface area contributed by atoms with Gasteiger partial charge in [-0.1, -0.05) is 48.0 Å². The van der Waals surface area contributed by atoms with Crippen LogP contribution in [-0.2, 0) is 17.4 Å². The van der Waals surface area contributed by atoms with Crippen molar-refractivity contribution in [1.82, 2.24) is 19.5 Å². The van der Waals surface area contributed by atoms with Crippen LogP contribution >= 0.6 is 11.6 Å².